The summed E-state index contributed by atoms with van der Waals surface area (Å²) in [6, 6.07) is 8.45. The van der Waals surface area contributed by atoms with Crippen LogP contribution in [0.2, 0.25) is 0 Å². The zero-order chi connectivity index (χ0) is 17.2. The van der Waals surface area contributed by atoms with Crippen molar-refractivity contribution < 1.29 is 4.79 Å². The van der Waals surface area contributed by atoms with Gasteiger partial charge >= 0.3 is 0 Å². The van der Waals surface area contributed by atoms with Crippen LogP contribution in [-0.4, -0.2) is 34.9 Å². The molecule has 0 saturated carbocycles. The molecule has 1 aromatic carbocycles. The van der Waals surface area contributed by atoms with Crippen molar-refractivity contribution in [2.45, 2.75) is 52.0 Å². The van der Waals surface area contributed by atoms with Crippen LogP contribution in [0.1, 0.15) is 44.5 Å². The molecule has 24 heavy (non-hydrogen) atoms. The van der Waals surface area contributed by atoms with Crippen LogP contribution in [0.15, 0.2) is 24.3 Å². The lowest BCUT2D eigenvalue weighted by molar-refractivity contribution is -0.143. The molecule has 2 heterocycles. The largest absolute Gasteiger partial charge is 0.342 e. The number of carbonyl (C=O) groups is 1. The van der Waals surface area contributed by atoms with Gasteiger partial charge in [-0.3, -0.25) is 4.79 Å². The lowest BCUT2D eigenvalue weighted by Gasteiger charge is -2.38. The highest BCUT2D eigenvalue weighted by Gasteiger charge is 2.39. The first-order valence-corrected chi connectivity index (χ1v) is 9.79. The monoisotopic (exact) mass is 345 g/mol. The number of carbonyl (C=O) groups excluding carboxylic acids is 1. The summed E-state index contributed by atoms with van der Waals surface area (Å²) < 4.78 is 1.20. The highest BCUT2D eigenvalue weighted by atomic mass is 32.1. The summed E-state index contributed by atoms with van der Waals surface area (Å²) in [7, 11) is 0. The molecule has 1 aliphatic rings. The number of para-hydroxylation sites is 1. The fraction of sp³-hybridized carbons (Fsp3) is 0.579. The number of aromatic nitrogens is 1. The third-order valence-corrected chi connectivity index (χ3v) is 6.50. The Kier molecular flexibility index (Phi) is 5.21. The van der Waals surface area contributed by atoms with Gasteiger partial charge < -0.3 is 10.6 Å². The second kappa shape index (κ2) is 7.19. The van der Waals surface area contributed by atoms with E-state index in [9.17, 15) is 4.79 Å². The number of hydrogen-bond acceptors (Lipinski definition) is 4. The van der Waals surface area contributed by atoms with Gasteiger partial charge in [0, 0.05) is 25.6 Å². The Morgan fingerprint density at radius 2 is 1.96 bits per heavy atom. The Morgan fingerprint density at radius 1 is 1.29 bits per heavy atom. The standard InChI is InChI=1S/C19H27N3OS/c1-3-19(4-2,18(23)22-11-9-14(20)10-12-22)13-17-21-15-7-5-6-8-16(15)24-17/h5-8,14H,3-4,9-13,20H2,1-2H3. The van der Waals surface area contributed by atoms with Gasteiger partial charge in [-0.1, -0.05) is 26.0 Å². The maximum Gasteiger partial charge on any atom is 0.229 e. The Bertz CT molecular complexity index is 666. The summed E-state index contributed by atoms with van der Waals surface area (Å²) in [4.78, 5) is 20.1. The molecule has 3 rings (SSSR count). The summed E-state index contributed by atoms with van der Waals surface area (Å²) >= 11 is 1.72. The van der Waals surface area contributed by atoms with Crippen LogP contribution >= 0.6 is 11.3 Å². The van der Waals surface area contributed by atoms with Crippen LogP contribution in [-0.2, 0) is 11.2 Å². The molecule has 0 unspecified atom stereocenters. The van der Waals surface area contributed by atoms with E-state index in [0.717, 1.165) is 55.7 Å². The van der Waals surface area contributed by atoms with E-state index in [1.807, 2.05) is 23.1 Å². The van der Waals surface area contributed by atoms with E-state index in [2.05, 4.69) is 19.9 Å². The van der Waals surface area contributed by atoms with Crippen molar-refractivity contribution in [3.05, 3.63) is 29.3 Å². The van der Waals surface area contributed by atoms with E-state index in [1.54, 1.807) is 11.3 Å². The number of piperidine rings is 1. The van der Waals surface area contributed by atoms with E-state index in [1.165, 1.54) is 4.70 Å². The predicted octanol–water partition coefficient (Wildman–Crippen LogP) is 3.59. The van der Waals surface area contributed by atoms with Gasteiger partial charge in [-0.15, -0.1) is 11.3 Å². The number of benzene rings is 1. The molecule has 5 heteroatoms. The van der Waals surface area contributed by atoms with Crippen LogP contribution in [0.4, 0.5) is 0 Å². The smallest absolute Gasteiger partial charge is 0.229 e. The number of rotatable bonds is 5. The van der Waals surface area contributed by atoms with Crippen molar-refractivity contribution in [1.82, 2.24) is 9.88 Å². The van der Waals surface area contributed by atoms with Crippen molar-refractivity contribution in [3.8, 4) is 0 Å². The number of fused-ring (bicyclic) bond motifs is 1. The van der Waals surface area contributed by atoms with Crippen LogP contribution in [0.25, 0.3) is 10.2 Å². The molecule has 0 atom stereocenters. The third kappa shape index (κ3) is 3.33. The molecule has 1 fully saturated rings. The van der Waals surface area contributed by atoms with E-state index >= 15 is 0 Å². The lowest BCUT2D eigenvalue weighted by atomic mass is 9.77. The average molecular weight is 346 g/mol. The second-order valence-electron chi connectivity index (χ2n) is 6.87. The fourth-order valence-electron chi connectivity index (χ4n) is 3.60. The van der Waals surface area contributed by atoms with Crippen LogP contribution in [0.3, 0.4) is 0 Å². The number of likely N-dealkylation sites (tertiary alicyclic amines) is 1. The molecular formula is C19H27N3OS. The van der Waals surface area contributed by atoms with Gasteiger partial charge in [-0.2, -0.15) is 0 Å². The minimum atomic E-state index is -0.338. The first-order valence-electron chi connectivity index (χ1n) is 8.97. The van der Waals surface area contributed by atoms with Crippen molar-refractivity contribution in [3.63, 3.8) is 0 Å². The van der Waals surface area contributed by atoms with E-state index < -0.39 is 0 Å². The van der Waals surface area contributed by atoms with Crippen molar-refractivity contribution in [1.29, 1.82) is 0 Å². The number of nitrogens with two attached hydrogens (primary N) is 1. The maximum absolute atomic E-state index is 13.3. The first-order chi connectivity index (χ1) is 11.6. The van der Waals surface area contributed by atoms with Gasteiger partial charge in [0.1, 0.15) is 0 Å². The summed E-state index contributed by atoms with van der Waals surface area (Å²) in [5, 5.41) is 1.07. The zero-order valence-electron chi connectivity index (χ0n) is 14.6. The fourth-order valence-corrected chi connectivity index (χ4v) is 4.71. The van der Waals surface area contributed by atoms with Gasteiger partial charge in [0.2, 0.25) is 5.91 Å². The van der Waals surface area contributed by atoms with Crippen LogP contribution in [0.5, 0.6) is 0 Å². The van der Waals surface area contributed by atoms with Gasteiger partial charge in [-0.25, -0.2) is 4.98 Å². The Labute approximate surface area is 148 Å². The summed E-state index contributed by atoms with van der Waals surface area (Å²) in [6.45, 7) is 5.85. The van der Waals surface area contributed by atoms with Crippen molar-refractivity contribution >= 4 is 27.5 Å². The maximum atomic E-state index is 13.3. The number of amides is 1. The molecule has 0 spiro atoms. The van der Waals surface area contributed by atoms with Gasteiger partial charge in [0.15, 0.2) is 0 Å². The predicted molar refractivity (Wildman–Crippen MR) is 100 cm³/mol. The lowest BCUT2D eigenvalue weighted by Crippen LogP contribution is -2.50. The SMILES string of the molecule is CCC(CC)(Cc1nc2ccccc2s1)C(=O)N1CCC(N)CC1. The first kappa shape index (κ1) is 17.4. The minimum Gasteiger partial charge on any atom is -0.342 e. The average Bonchev–Trinajstić information content (AvgIpc) is 3.02. The van der Waals surface area contributed by atoms with E-state index in [0.29, 0.717) is 5.91 Å². The molecule has 2 N–H and O–H groups in total. The van der Waals surface area contributed by atoms with Crippen LogP contribution < -0.4 is 5.73 Å². The highest BCUT2D eigenvalue weighted by Crippen LogP contribution is 2.36. The second-order valence-corrected chi connectivity index (χ2v) is 7.98. The Balaban J connectivity index is 1.83. The molecule has 1 aliphatic heterocycles. The summed E-state index contributed by atoms with van der Waals surface area (Å²) in [6.07, 6.45) is 4.26. The normalized spacial score (nSPS) is 16.7. The molecule has 0 bridgehead atoms. The van der Waals surface area contributed by atoms with E-state index in [4.69, 9.17) is 10.7 Å². The highest BCUT2D eigenvalue weighted by molar-refractivity contribution is 7.18. The van der Waals surface area contributed by atoms with Gasteiger partial charge in [-0.05, 0) is 37.8 Å². The van der Waals surface area contributed by atoms with Gasteiger partial charge in [0.05, 0.1) is 20.6 Å². The zero-order valence-corrected chi connectivity index (χ0v) is 15.4. The van der Waals surface area contributed by atoms with E-state index in [-0.39, 0.29) is 11.5 Å². The van der Waals surface area contributed by atoms with Gasteiger partial charge in [0.25, 0.3) is 0 Å². The van der Waals surface area contributed by atoms with Crippen molar-refractivity contribution in [2.24, 2.45) is 11.1 Å². The molecule has 1 saturated heterocycles. The molecule has 0 radical (unpaired) electrons. The molecular weight excluding hydrogens is 318 g/mol. The third-order valence-electron chi connectivity index (χ3n) is 5.46. The molecule has 130 valence electrons. The minimum absolute atomic E-state index is 0.246. The topological polar surface area (TPSA) is 59.2 Å². The quantitative estimate of drug-likeness (QED) is 0.901. The molecule has 0 aliphatic carbocycles. The molecule has 4 nitrogen and oxygen atoms in total. The summed E-state index contributed by atoms with van der Waals surface area (Å²) in [5.74, 6) is 0.290. The Morgan fingerprint density at radius 3 is 2.58 bits per heavy atom. The Hall–Kier alpha value is -1.46. The number of nitrogens with zero attached hydrogens (tertiary/aromatic N) is 2. The number of thiazole rings is 1. The molecule has 1 aromatic heterocycles. The number of hydrogen-bond donors (Lipinski definition) is 1. The molecule has 1 amide bonds. The van der Waals surface area contributed by atoms with Crippen LogP contribution in [0, 0.1) is 5.41 Å². The summed E-state index contributed by atoms with van der Waals surface area (Å²) in [5.41, 5.74) is 6.69. The van der Waals surface area contributed by atoms with Crippen molar-refractivity contribution in [2.75, 3.05) is 13.1 Å². The molecule has 2 aromatic rings.